The summed E-state index contributed by atoms with van der Waals surface area (Å²) in [6.07, 6.45) is 1.39. The zero-order chi connectivity index (χ0) is 19.6. The van der Waals surface area contributed by atoms with Crippen molar-refractivity contribution in [2.24, 2.45) is 0 Å². The van der Waals surface area contributed by atoms with Crippen LogP contribution < -0.4 is 4.74 Å². The number of nitrogens with zero attached hydrogens (tertiary/aromatic N) is 2. The van der Waals surface area contributed by atoms with Crippen LogP contribution in [-0.4, -0.2) is 40.7 Å². The number of rotatable bonds is 4. The summed E-state index contributed by atoms with van der Waals surface area (Å²) in [6.45, 7) is 11.8. The minimum Gasteiger partial charge on any atom is -0.484 e. The fourth-order valence-electron chi connectivity index (χ4n) is 2.73. The smallest absolute Gasteiger partial charge is 0.410 e. The summed E-state index contributed by atoms with van der Waals surface area (Å²) < 4.78 is 11.0. The van der Waals surface area contributed by atoms with Gasteiger partial charge in [0.2, 0.25) is 0 Å². The van der Waals surface area contributed by atoms with Crippen molar-refractivity contribution in [1.29, 1.82) is 0 Å². The van der Waals surface area contributed by atoms with Crippen molar-refractivity contribution in [3.8, 4) is 5.75 Å². The average Bonchev–Trinajstić information content (AvgIpc) is 2.96. The van der Waals surface area contributed by atoms with Crippen LogP contribution in [0.25, 0.3) is 5.57 Å². The Kier molecular flexibility index (Phi) is 5.59. The molecule has 7 heteroatoms. The van der Waals surface area contributed by atoms with E-state index in [0.29, 0.717) is 13.1 Å². The van der Waals surface area contributed by atoms with Crippen molar-refractivity contribution in [2.75, 3.05) is 13.1 Å². The second kappa shape index (κ2) is 7.35. The zero-order valence-electron chi connectivity index (χ0n) is 16.2. The lowest BCUT2D eigenvalue weighted by Gasteiger charge is -2.24. The molecule has 0 aliphatic carbocycles. The Labute approximate surface area is 153 Å². The number of hydrogen-bond donors (Lipinski definition) is 0. The van der Waals surface area contributed by atoms with Gasteiger partial charge >= 0.3 is 11.8 Å². The molecule has 0 aromatic heterocycles. The summed E-state index contributed by atoms with van der Waals surface area (Å²) in [5.41, 5.74) is 1.93. The van der Waals surface area contributed by atoms with Gasteiger partial charge in [-0.1, -0.05) is 6.08 Å². The number of carbonyl (C=O) groups excluding carboxylic acids is 1. The van der Waals surface area contributed by atoms with Gasteiger partial charge in [0.25, 0.3) is 0 Å². The molecule has 0 spiro atoms. The largest absolute Gasteiger partial charge is 0.484 e. The van der Waals surface area contributed by atoms with Crippen molar-refractivity contribution in [1.82, 2.24) is 4.90 Å². The van der Waals surface area contributed by atoms with E-state index >= 15 is 0 Å². The first-order valence-electron chi connectivity index (χ1n) is 8.61. The minimum absolute atomic E-state index is 0.0532. The topological polar surface area (TPSA) is 81.9 Å². The Morgan fingerprint density at radius 2 is 1.96 bits per heavy atom. The van der Waals surface area contributed by atoms with Crippen LogP contribution in [0, 0.1) is 17.0 Å². The number of nitro benzene ring substituents is 1. The van der Waals surface area contributed by atoms with Gasteiger partial charge in [-0.3, -0.25) is 10.1 Å². The lowest BCUT2D eigenvalue weighted by Crippen LogP contribution is -2.35. The third kappa shape index (κ3) is 4.74. The maximum atomic E-state index is 12.2. The first-order valence-corrected chi connectivity index (χ1v) is 8.61. The monoisotopic (exact) mass is 362 g/mol. The van der Waals surface area contributed by atoms with Crippen LogP contribution in [0.3, 0.4) is 0 Å². The molecular weight excluding hydrogens is 336 g/mol. The standard InChI is InChI=1S/C19H26N2O5/c1-12(2)25-17-10-15(13(3)9-16(17)21(23)24)14-7-8-20(11-14)18(22)26-19(4,5)6/h7,9-10,12H,8,11H2,1-6H3. The van der Waals surface area contributed by atoms with Gasteiger partial charge in [-0.2, -0.15) is 0 Å². The van der Waals surface area contributed by atoms with Crippen LogP contribution in [0.15, 0.2) is 18.2 Å². The van der Waals surface area contributed by atoms with Crippen molar-refractivity contribution in [2.45, 2.75) is 53.2 Å². The Balaban J connectivity index is 2.26. The number of benzene rings is 1. The molecule has 0 fully saturated rings. The van der Waals surface area contributed by atoms with Crippen LogP contribution in [-0.2, 0) is 4.74 Å². The summed E-state index contributed by atoms with van der Waals surface area (Å²) in [5, 5.41) is 11.3. The SMILES string of the molecule is Cc1cc([N+](=O)[O-])c(OC(C)C)cc1C1=CCN(C(=O)OC(C)(C)C)C1. The molecule has 0 N–H and O–H groups in total. The van der Waals surface area contributed by atoms with Crippen LogP contribution in [0.5, 0.6) is 5.75 Å². The summed E-state index contributed by atoms with van der Waals surface area (Å²) in [7, 11) is 0. The van der Waals surface area contributed by atoms with Crippen molar-refractivity contribution < 1.29 is 19.2 Å². The lowest BCUT2D eigenvalue weighted by atomic mass is 10.00. The van der Waals surface area contributed by atoms with Gasteiger partial charge in [-0.25, -0.2) is 4.79 Å². The molecule has 1 aromatic carbocycles. The van der Waals surface area contributed by atoms with E-state index in [1.54, 1.807) is 11.0 Å². The molecule has 0 unspecified atom stereocenters. The highest BCUT2D eigenvalue weighted by Crippen LogP contribution is 2.35. The Morgan fingerprint density at radius 3 is 2.50 bits per heavy atom. The van der Waals surface area contributed by atoms with Crippen LogP contribution >= 0.6 is 0 Å². The predicted molar refractivity (Wildman–Crippen MR) is 99.4 cm³/mol. The van der Waals surface area contributed by atoms with Crippen LogP contribution in [0.1, 0.15) is 45.7 Å². The lowest BCUT2D eigenvalue weighted by molar-refractivity contribution is -0.386. The molecule has 1 aliphatic rings. The molecule has 1 aliphatic heterocycles. The Hall–Kier alpha value is -2.57. The van der Waals surface area contributed by atoms with Gasteiger partial charge < -0.3 is 14.4 Å². The number of ether oxygens (including phenoxy) is 2. The molecule has 0 saturated heterocycles. The molecule has 1 heterocycles. The number of amides is 1. The second-order valence-corrected chi connectivity index (χ2v) is 7.65. The molecule has 142 valence electrons. The summed E-state index contributed by atoms with van der Waals surface area (Å²) in [6, 6.07) is 3.21. The van der Waals surface area contributed by atoms with E-state index in [1.807, 2.05) is 47.6 Å². The summed E-state index contributed by atoms with van der Waals surface area (Å²) in [4.78, 5) is 24.7. The number of nitro groups is 1. The molecule has 0 radical (unpaired) electrons. The van der Waals surface area contributed by atoms with E-state index in [2.05, 4.69) is 0 Å². The van der Waals surface area contributed by atoms with Gasteiger partial charge in [0, 0.05) is 19.2 Å². The zero-order valence-corrected chi connectivity index (χ0v) is 16.2. The predicted octanol–water partition coefficient (Wildman–Crippen LogP) is 4.32. The number of hydrogen-bond acceptors (Lipinski definition) is 5. The summed E-state index contributed by atoms with van der Waals surface area (Å²) >= 11 is 0. The number of aryl methyl sites for hydroxylation is 1. The highest BCUT2D eigenvalue weighted by Gasteiger charge is 2.28. The van der Waals surface area contributed by atoms with Crippen molar-refractivity contribution in [3.63, 3.8) is 0 Å². The van der Waals surface area contributed by atoms with Gasteiger partial charge in [-0.15, -0.1) is 0 Å². The van der Waals surface area contributed by atoms with Gasteiger partial charge in [0.15, 0.2) is 5.75 Å². The van der Waals surface area contributed by atoms with E-state index in [0.717, 1.165) is 16.7 Å². The third-order valence-corrected chi connectivity index (χ3v) is 3.78. The van der Waals surface area contributed by atoms with Crippen LogP contribution in [0.2, 0.25) is 0 Å². The fourth-order valence-corrected chi connectivity index (χ4v) is 2.73. The molecule has 1 amide bonds. The van der Waals surface area contributed by atoms with Crippen LogP contribution in [0.4, 0.5) is 10.5 Å². The molecule has 26 heavy (non-hydrogen) atoms. The molecule has 2 rings (SSSR count). The third-order valence-electron chi connectivity index (χ3n) is 3.78. The average molecular weight is 362 g/mol. The Morgan fingerprint density at radius 1 is 1.31 bits per heavy atom. The highest BCUT2D eigenvalue weighted by molar-refractivity contribution is 5.79. The van der Waals surface area contributed by atoms with E-state index < -0.39 is 10.5 Å². The minimum atomic E-state index is -0.554. The Bertz CT molecular complexity index is 747. The summed E-state index contributed by atoms with van der Waals surface area (Å²) in [5.74, 6) is 0.238. The first kappa shape index (κ1) is 19.8. The normalized spacial score (nSPS) is 14.4. The van der Waals surface area contributed by atoms with E-state index in [4.69, 9.17) is 9.47 Å². The first-order chi connectivity index (χ1) is 12.0. The highest BCUT2D eigenvalue weighted by atomic mass is 16.6. The molecule has 0 saturated carbocycles. The maximum absolute atomic E-state index is 12.2. The van der Waals surface area contributed by atoms with Gasteiger partial charge in [0.1, 0.15) is 5.60 Å². The van der Waals surface area contributed by atoms with Gasteiger partial charge in [0.05, 0.1) is 11.0 Å². The van der Waals surface area contributed by atoms with E-state index in [1.165, 1.54) is 6.07 Å². The molecular formula is C19H26N2O5. The number of carbonyl (C=O) groups is 1. The maximum Gasteiger partial charge on any atom is 0.410 e. The van der Waals surface area contributed by atoms with Gasteiger partial charge in [-0.05, 0) is 64.3 Å². The fraction of sp³-hybridized carbons (Fsp3) is 0.526. The molecule has 0 bridgehead atoms. The molecule has 7 nitrogen and oxygen atoms in total. The van der Waals surface area contributed by atoms with E-state index in [9.17, 15) is 14.9 Å². The molecule has 0 atom stereocenters. The van der Waals surface area contributed by atoms with Crippen molar-refractivity contribution >= 4 is 17.4 Å². The van der Waals surface area contributed by atoms with E-state index in [-0.39, 0.29) is 23.6 Å². The molecule has 1 aromatic rings. The second-order valence-electron chi connectivity index (χ2n) is 7.65. The van der Waals surface area contributed by atoms with Crippen molar-refractivity contribution in [3.05, 3.63) is 39.4 Å². The quantitative estimate of drug-likeness (QED) is 0.588.